The van der Waals surface area contributed by atoms with Gasteiger partial charge < -0.3 is 0 Å². The van der Waals surface area contributed by atoms with Crippen molar-refractivity contribution in [1.29, 1.82) is 0 Å². The van der Waals surface area contributed by atoms with Crippen molar-refractivity contribution < 1.29 is 9.59 Å². The molecule has 2 aromatic rings. The lowest BCUT2D eigenvalue weighted by atomic mass is 10.2. The smallest absolute Gasteiger partial charge is 0.248 e. The number of nitrogens with zero attached hydrogens (tertiary/aromatic N) is 3. The molecular weight excluding hydrogens is 302 g/mol. The normalized spacial score (nSPS) is 10.3. The number of nitrogens with one attached hydrogen (secondary N) is 2. The molecule has 1 heterocycles. The van der Waals surface area contributed by atoms with Crippen LogP contribution in [0, 0.1) is 13.8 Å². The summed E-state index contributed by atoms with van der Waals surface area (Å²) in [7, 11) is 0. The number of rotatable bonds is 4. The van der Waals surface area contributed by atoms with Crippen LogP contribution < -0.4 is 10.9 Å². The number of para-hydroxylation sites is 1. The fourth-order valence-corrected chi connectivity index (χ4v) is 2.64. The van der Waals surface area contributed by atoms with E-state index in [2.05, 4.69) is 21.0 Å². The van der Waals surface area contributed by atoms with Gasteiger partial charge in [0.25, 0.3) is 0 Å². The lowest BCUT2D eigenvalue weighted by Crippen LogP contribution is -2.41. The molecule has 22 heavy (non-hydrogen) atoms. The zero-order valence-corrected chi connectivity index (χ0v) is 13.4. The maximum absolute atomic E-state index is 11.6. The van der Waals surface area contributed by atoms with Gasteiger partial charge in [0.15, 0.2) is 5.16 Å². The molecule has 116 valence electrons. The van der Waals surface area contributed by atoms with Gasteiger partial charge in [-0.1, -0.05) is 30.0 Å². The maximum atomic E-state index is 11.6. The van der Waals surface area contributed by atoms with Crippen LogP contribution >= 0.6 is 11.8 Å². The molecule has 0 saturated carbocycles. The van der Waals surface area contributed by atoms with Gasteiger partial charge >= 0.3 is 0 Å². The molecule has 2 rings (SSSR count). The minimum Gasteiger partial charge on any atom is -0.274 e. The third-order valence-corrected chi connectivity index (χ3v) is 3.79. The van der Waals surface area contributed by atoms with Crippen LogP contribution in [0.2, 0.25) is 0 Å². The number of benzene rings is 1. The summed E-state index contributed by atoms with van der Waals surface area (Å²) >= 11 is 1.26. The van der Waals surface area contributed by atoms with E-state index in [9.17, 15) is 9.59 Å². The fraction of sp³-hybridized carbons (Fsp3) is 0.286. The first-order chi connectivity index (χ1) is 10.5. The molecule has 1 aromatic heterocycles. The fourth-order valence-electron chi connectivity index (χ4n) is 1.85. The van der Waals surface area contributed by atoms with Crippen molar-refractivity contribution >= 4 is 23.6 Å². The first kappa shape index (κ1) is 16.0. The van der Waals surface area contributed by atoms with E-state index in [0.717, 1.165) is 17.1 Å². The number of hydrogen-bond acceptors (Lipinski definition) is 5. The molecule has 0 aliphatic carbocycles. The Morgan fingerprint density at radius 1 is 1.18 bits per heavy atom. The molecule has 1 aromatic carbocycles. The molecule has 2 N–H and O–H groups in total. The molecule has 0 unspecified atom stereocenters. The van der Waals surface area contributed by atoms with E-state index >= 15 is 0 Å². The first-order valence-corrected chi connectivity index (χ1v) is 7.64. The Hall–Kier alpha value is -2.35. The highest BCUT2D eigenvalue weighted by Gasteiger charge is 2.14. The molecule has 0 spiro atoms. The monoisotopic (exact) mass is 319 g/mol. The molecule has 7 nitrogen and oxygen atoms in total. The summed E-state index contributed by atoms with van der Waals surface area (Å²) in [4.78, 5) is 22.4. The summed E-state index contributed by atoms with van der Waals surface area (Å²) in [5, 5.41) is 8.82. The zero-order valence-electron chi connectivity index (χ0n) is 12.6. The number of hydrogen-bond donors (Lipinski definition) is 2. The molecule has 8 heteroatoms. The summed E-state index contributed by atoms with van der Waals surface area (Å²) in [6.45, 7) is 5.19. The van der Waals surface area contributed by atoms with Gasteiger partial charge in [-0.25, -0.2) is 0 Å². The van der Waals surface area contributed by atoms with Crippen LogP contribution in [0.5, 0.6) is 0 Å². The molecule has 0 aliphatic heterocycles. The molecule has 0 aliphatic rings. The second kappa shape index (κ2) is 7.08. The third-order valence-electron chi connectivity index (χ3n) is 2.86. The van der Waals surface area contributed by atoms with E-state index in [1.807, 2.05) is 42.7 Å². The summed E-state index contributed by atoms with van der Waals surface area (Å²) < 4.78 is 1.91. The van der Waals surface area contributed by atoms with E-state index < -0.39 is 0 Å². The van der Waals surface area contributed by atoms with Crippen molar-refractivity contribution in [2.24, 2.45) is 0 Å². The Balaban J connectivity index is 2.12. The van der Waals surface area contributed by atoms with Crippen LogP contribution in [0.1, 0.15) is 18.3 Å². The number of thioether (sulfide) groups is 1. The minimum atomic E-state index is -0.322. The SMILES string of the molecule is CC(=O)NNC(=O)CSc1nnc(C)n1-c1ccccc1C. The van der Waals surface area contributed by atoms with E-state index in [4.69, 9.17) is 0 Å². The van der Waals surface area contributed by atoms with E-state index in [-0.39, 0.29) is 17.6 Å². The number of aromatic nitrogens is 3. The Bertz CT molecular complexity index is 698. The van der Waals surface area contributed by atoms with Crippen LogP contribution in [0.15, 0.2) is 29.4 Å². The van der Waals surface area contributed by atoms with Gasteiger partial charge in [0.05, 0.1) is 11.4 Å². The Morgan fingerprint density at radius 2 is 1.91 bits per heavy atom. The number of hydrazine groups is 1. The van der Waals surface area contributed by atoms with Crippen LogP contribution in [0.25, 0.3) is 5.69 Å². The number of aryl methyl sites for hydroxylation is 2. The molecule has 2 amide bonds. The van der Waals surface area contributed by atoms with Crippen molar-refractivity contribution in [2.45, 2.75) is 25.9 Å². The Labute approximate surface area is 132 Å². The Morgan fingerprint density at radius 3 is 2.59 bits per heavy atom. The Kier molecular flexibility index (Phi) is 5.16. The van der Waals surface area contributed by atoms with E-state index in [0.29, 0.717) is 5.16 Å². The molecule has 0 radical (unpaired) electrons. The van der Waals surface area contributed by atoms with Gasteiger partial charge in [0.2, 0.25) is 11.8 Å². The van der Waals surface area contributed by atoms with Gasteiger partial charge in [-0.05, 0) is 25.5 Å². The summed E-state index contributed by atoms with van der Waals surface area (Å²) in [5.41, 5.74) is 6.63. The zero-order chi connectivity index (χ0) is 16.1. The predicted molar refractivity (Wildman–Crippen MR) is 83.5 cm³/mol. The lowest BCUT2D eigenvalue weighted by molar-refractivity contribution is -0.126. The van der Waals surface area contributed by atoms with E-state index in [1.165, 1.54) is 18.7 Å². The van der Waals surface area contributed by atoms with Crippen LogP contribution in [-0.2, 0) is 9.59 Å². The van der Waals surface area contributed by atoms with Gasteiger partial charge in [-0.15, -0.1) is 10.2 Å². The number of carbonyl (C=O) groups excluding carboxylic acids is 2. The van der Waals surface area contributed by atoms with Crippen molar-refractivity contribution in [2.75, 3.05) is 5.75 Å². The predicted octanol–water partition coefficient (Wildman–Crippen LogP) is 1.14. The highest BCUT2D eigenvalue weighted by Crippen LogP contribution is 2.23. The van der Waals surface area contributed by atoms with Crippen molar-refractivity contribution in [3.63, 3.8) is 0 Å². The van der Waals surface area contributed by atoms with Gasteiger partial charge in [-0.3, -0.25) is 25.0 Å². The molecule has 0 bridgehead atoms. The molecule has 0 fully saturated rings. The van der Waals surface area contributed by atoms with E-state index in [1.54, 1.807) is 0 Å². The molecule has 0 atom stereocenters. The van der Waals surface area contributed by atoms with Crippen LogP contribution in [0.3, 0.4) is 0 Å². The second-order valence-corrected chi connectivity index (χ2v) is 5.61. The van der Waals surface area contributed by atoms with Crippen molar-refractivity contribution in [3.8, 4) is 5.69 Å². The van der Waals surface area contributed by atoms with Crippen LogP contribution in [0.4, 0.5) is 0 Å². The quantitative estimate of drug-likeness (QED) is 0.652. The third kappa shape index (κ3) is 3.85. The first-order valence-electron chi connectivity index (χ1n) is 6.65. The highest BCUT2D eigenvalue weighted by molar-refractivity contribution is 7.99. The highest BCUT2D eigenvalue weighted by atomic mass is 32.2. The molecular formula is C14H17N5O2S. The van der Waals surface area contributed by atoms with Crippen molar-refractivity contribution in [3.05, 3.63) is 35.7 Å². The average Bonchev–Trinajstić information content (AvgIpc) is 2.84. The largest absolute Gasteiger partial charge is 0.274 e. The summed E-state index contributed by atoms with van der Waals surface area (Å²) in [5.74, 6) is 0.248. The van der Waals surface area contributed by atoms with Gasteiger partial charge in [-0.2, -0.15) is 0 Å². The topological polar surface area (TPSA) is 88.9 Å². The van der Waals surface area contributed by atoms with Crippen LogP contribution in [-0.4, -0.2) is 32.3 Å². The minimum absolute atomic E-state index is 0.129. The van der Waals surface area contributed by atoms with Crippen molar-refractivity contribution in [1.82, 2.24) is 25.6 Å². The summed E-state index contributed by atoms with van der Waals surface area (Å²) in [6, 6.07) is 7.89. The standard InChI is InChI=1S/C14H17N5O2S/c1-9-6-4-5-7-12(9)19-10(2)15-18-14(19)22-8-13(21)17-16-11(3)20/h4-7H,8H2,1-3H3,(H,16,20)(H,17,21). The second-order valence-electron chi connectivity index (χ2n) is 4.67. The van der Waals surface area contributed by atoms with Gasteiger partial charge in [0, 0.05) is 6.92 Å². The summed E-state index contributed by atoms with van der Waals surface area (Å²) in [6.07, 6.45) is 0. The van der Waals surface area contributed by atoms with Gasteiger partial charge in [0.1, 0.15) is 5.82 Å². The number of carbonyl (C=O) groups is 2. The lowest BCUT2D eigenvalue weighted by Gasteiger charge is -2.11. The average molecular weight is 319 g/mol. The molecule has 0 saturated heterocycles. The maximum Gasteiger partial charge on any atom is 0.248 e. The number of amides is 2.